The first-order valence-corrected chi connectivity index (χ1v) is 11.2. The van der Waals surface area contributed by atoms with Gasteiger partial charge in [-0.2, -0.15) is 0 Å². The SMILES string of the molecule is Cc1ccc2c(c1)c1c(n2CCc2ccc(C)nc2)CCN(C2CCNCC2)C1. The molecule has 0 amide bonds. The summed E-state index contributed by atoms with van der Waals surface area (Å²) in [6.07, 6.45) is 6.81. The Morgan fingerprint density at radius 1 is 1.10 bits per heavy atom. The zero-order chi connectivity index (χ0) is 19.8. The van der Waals surface area contributed by atoms with Crippen molar-refractivity contribution in [3.8, 4) is 0 Å². The molecule has 4 heterocycles. The highest BCUT2D eigenvalue weighted by atomic mass is 15.2. The number of hydrogen-bond acceptors (Lipinski definition) is 3. The number of hydrogen-bond donors (Lipinski definition) is 1. The van der Waals surface area contributed by atoms with Crippen molar-refractivity contribution in [2.45, 2.75) is 58.7 Å². The van der Waals surface area contributed by atoms with Crippen molar-refractivity contribution in [2.24, 2.45) is 0 Å². The van der Waals surface area contributed by atoms with E-state index in [4.69, 9.17) is 0 Å². The molecule has 0 aliphatic carbocycles. The van der Waals surface area contributed by atoms with Gasteiger partial charge in [0.2, 0.25) is 0 Å². The van der Waals surface area contributed by atoms with Gasteiger partial charge in [-0.05, 0) is 75.5 Å². The van der Waals surface area contributed by atoms with Gasteiger partial charge in [0.05, 0.1) is 0 Å². The molecular weight excluding hydrogens is 356 g/mol. The van der Waals surface area contributed by atoms with Crippen molar-refractivity contribution >= 4 is 10.9 Å². The number of pyridine rings is 1. The third kappa shape index (κ3) is 3.72. The van der Waals surface area contributed by atoms with Gasteiger partial charge < -0.3 is 9.88 Å². The van der Waals surface area contributed by atoms with Crippen LogP contribution in [0, 0.1) is 13.8 Å². The Balaban J connectivity index is 1.46. The Morgan fingerprint density at radius 3 is 2.76 bits per heavy atom. The first-order chi connectivity index (χ1) is 14.2. The van der Waals surface area contributed by atoms with E-state index in [9.17, 15) is 0 Å². The van der Waals surface area contributed by atoms with E-state index in [2.05, 4.69) is 63.9 Å². The Labute approximate surface area is 173 Å². The average molecular weight is 389 g/mol. The van der Waals surface area contributed by atoms with E-state index in [0.29, 0.717) is 0 Å². The van der Waals surface area contributed by atoms with Gasteiger partial charge >= 0.3 is 0 Å². The molecule has 0 unspecified atom stereocenters. The van der Waals surface area contributed by atoms with E-state index in [1.165, 1.54) is 60.9 Å². The van der Waals surface area contributed by atoms with Crippen LogP contribution in [0.25, 0.3) is 10.9 Å². The predicted molar refractivity (Wildman–Crippen MR) is 119 cm³/mol. The van der Waals surface area contributed by atoms with E-state index in [1.54, 1.807) is 11.3 Å². The average Bonchev–Trinajstić information content (AvgIpc) is 3.06. The van der Waals surface area contributed by atoms with E-state index in [1.807, 2.05) is 6.20 Å². The molecule has 1 N–H and O–H groups in total. The number of aromatic nitrogens is 2. The molecule has 1 saturated heterocycles. The zero-order valence-electron chi connectivity index (χ0n) is 17.7. The van der Waals surface area contributed by atoms with Crippen LogP contribution in [0.5, 0.6) is 0 Å². The summed E-state index contributed by atoms with van der Waals surface area (Å²) < 4.78 is 2.60. The van der Waals surface area contributed by atoms with Gasteiger partial charge in [-0.1, -0.05) is 17.7 Å². The molecule has 4 heteroatoms. The topological polar surface area (TPSA) is 33.1 Å². The fraction of sp³-hybridized carbons (Fsp3) is 0.480. The van der Waals surface area contributed by atoms with Crippen LogP contribution in [0.15, 0.2) is 36.5 Å². The quantitative estimate of drug-likeness (QED) is 0.733. The maximum absolute atomic E-state index is 4.48. The molecule has 0 bridgehead atoms. The lowest BCUT2D eigenvalue weighted by Crippen LogP contribution is -2.45. The number of aryl methyl sites for hydroxylation is 4. The molecule has 3 aromatic rings. The maximum atomic E-state index is 4.48. The van der Waals surface area contributed by atoms with E-state index < -0.39 is 0 Å². The number of nitrogens with one attached hydrogen (secondary N) is 1. The molecule has 4 nitrogen and oxygen atoms in total. The normalized spacial score (nSPS) is 18.3. The summed E-state index contributed by atoms with van der Waals surface area (Å²) in [7, 11) is 0. The van der Waals surface area contributed by atoms with Gasteiger partial charge in [-0.25, -0.2) is 0 Å². The van der Waals surface area contributed by atoms with E-state index in [-0.39, 0.29) is 0 Å². The van der Waals surface area contributed by atoms with E-state index >= 15 is 0 Å². The second-order valence-corrected chi connectivity index (χ2v) is 8.86. The van der Waals surface area contributed by atoms with Crippen LogP contribution in [-0.4, -0.2) is 40.1 Å². The fourth-order valence-corrected chi connectivity index (χ4v) is 5.21. The minimum Gasteiger partial charge on any atom is -0.344 e. The Morgan fingerprint density at radius 2 is 1.97 bits per heavy atom. The molecule has 0 radical (unpaired) electrons. The first-order valence-electron chi connectivity index (χ1n) is 11.2. The molecule has 29 heavy (non-hydrogen) atoms. The summed E-state index contributed by atoms with van der Waals surface area (Å²) >= 11 is 0. The number of fused-ring (bicyclic) bond motifs is 3. The summed E-state index contributed by atoms with van der Waals surface area (Å²) in [5.41, 5.74) is 8.33. The zero-order valence-corrected chi connectivity index (χ0v) is 17.7. The Kier molecular flexibility index (Phi) is 5.15. The van der Waals surface area contributed by atoms with Gasteiger partial charge in [-0.15, -0.1) is 0 Å². The van der Waals surface area contributed by atoms with Crippen molar-refractivity contribution in [1.29, 1.82) is 0 Å². The molecular formula is C25H32N4. The Bertz CT molecular complexity index is 996. The standard InChI is InChI=1S/C25H32N4/c1-18-3-6-24-22(15-18)23-17-28(21-7-11-26-12-8-21)13-10-25(23)29(24)14-9-20-5-4-19(2)27-16-20/h3-6,15-16,21,26H,7-14,17H2,1-2H3. The molecule has 1 aromatic carbocycles. The highest BCUT2D eigenvalue weighted by molar-refractivity contribution is 5.86. The molecule has 0 atom stereocenters. The van der Waals surface area contributed by atoms with Crippen molar-refractivity contribution < 1.29 is 0 Å². The van der Waals surface area contributed by atoms with Crippen LogP contribution in [0.3, 0.4) is 0 Å². The Hall–Kier alpha value is -2.17. The fourth-order valence-electron chi connectivity index (χ4n) is 5.21. The molecule has 2 aromatic heterocycles. The minimum atomic E-state index is 0.742. The largest absolute Gasteiger partial charge is 0.344 e. The number of nitrogens with zero attached hydrogens (tertiary/aromatic N) is 3. The highest BCUT2D eigenvalue weighted by Crippen LogP contribution is 2.33. The van der Waals surface area contributed by atoms with Gasteiger partial charge in [0, 0.05) is 60.6 Å². The number of benzene rings is 1. The van der Waals surface area contributed by atoms with Crippen LogP contribution < -0.4 is 5.32 Å². The lowest BCUT2D eigenvalue weighted by molar-refractivity contribution is 0.146. The molecule has 152 valence electrons. The van der Waals surface area contributed by atoms with Gasteiger partial charge in [0.15, 0.2) is 0 Å². The van der Waals surface area contributed by atoms with Gasteiger partial charge in [-0.3, -0.25) is 9.88 Å². The molecule has 5 rings (SSSR count). The third-order valence-electron chi connectivity index (χ3n) is 6.86. The molecule has 0 spiro atoms. The van der Waals surface area contributed by atoms with Crippen LogP contribution in [0.4, 0.5) is 0 Å². The monoisotopic (exact) mass is 388 g/mol. The molecule has 2 aliphatic rings. The smallest absolute Gasteiger partial charge is 0.0486 e. The van der Waals surface area contributed by atoms with Crippen molar-refractivity contribution in [1.82, 2.24) is 19.8 Å². The van der Waals surface area contributed by atoms with Crippen molar-refractivity contribution in [2.75, 3.05) is 19.6 Å². The molecule has 2 aliphatic heterocycles. The van der Waals surface area contributed by atoms with Crippen LogP contribution in [0.1, 0.15) is 40.9 Å². The lowest BCUT2D eigenvalue weighted by atomic mass is 9.98. The first kappa shape index (κ1) is 18.8. The maximum Gasteiger partial charge on any atom is 0.0486 e. The van der Waals surface area contributed by atoms with Crippen LogP contribution in [-0.2, 0) is 25.9 Å². The number of rotatable bonds is 4. The van der Waals surface area contributed by atoms with Crippen LogP contribution in [0.2, 0.25) is 0 Å². The summed E-state index contributed by atoms with van der Waals surface area (Å²) in [5, 5.41) is 4.99. The molecule has 1 fully saturated rings. The summed E-state index contributed by atoms with van der Waals surface area (Å²) in [4.78, 5) is 7.23. The van der Waals surface area contributed by atoms with Crippen LogP contribution >= 0.6 is 0 Å². The highest BCUT2D eigenvalue weighted by Gasteiger charge is 2.28. The van der Waals surface area contributed by atoms with E-state index in [0.717, 1.165) is 31.2 Å². The minimum absolute atomic E-state index is 0.742. The van der Waals surface area contributed by atoms with Gasteiger partial charge in [0.1, 0.15) is 0 Å². The number of piperidine rings is 1. The molecule has 0 saturated carbocycles. The predicted octanol–water partition coefficient (Wildman–Crippen LogP) is 4.01. The van der Waals surface area contributed by atoms with Crippen molar-refractivity contribution in [3.63, 3.8) is 0 Å². The summed E-state index contributed by atoms with van der Waals surface area (Å²) in [6.45, 7) is 9.94. The third-order valence-corrected chi connectivity index (χ3v) is 6.86. The second-order valence-electron chi connectivity index (χ2n) is 8.86. The second kappa shape index (κ2) is 7.92. The van der Waals surface area contributed by atoms with Crippen molar-refractivity contribution in [3.05, 3.63) is 64.6 Å². The van der Waals surface area contributed by atoms with Gasteiger partial charge in [0.25, 0.3) is 0 Å². The summed E-state index contributed by atoms with van der Waals surface area (Å²) in [6, 6.07) is 12.1. The summed E-state index contributed by atoms with van der Waals surface area (Å²) in [5.74, 6) is 0. The lowest BCUT2D eigenvalue weighted by Gasteiger charge is -2.37.